The number of nitrogens with zero attached hydrogens (tertiary/aromatic N) is 2. The molecule has 0 saturated carbocycles. The van der Waals surface area contributed by atoms with Gasteiger partial charge in [-0.3, -0.25) is 4.79 Å². The van der Waals surface area contributed by atoms with Crippen LogP contribution < -0.4 is 10.2 Å². The number of carbonyl (C=O) groups is 1. The van der Waals surface area contributed by atoms with Gasteiger partial charge in [-0.05, 0) is 42.5 Å². The number of hydrogen-bond donors (Lipinski definition) is 2. The minimum absolute atomic E-state index is 0.0617. The maximum atomic E-state index is 13.0. The fraction of sp³-hybridized carbons (Fsp3) is 0.0417. The molecule has 154 valence electrons. The summed E-state index contributed by atoms with van der Waals surface area (Å²) in [5.74, 6) is 0.286. The van der Waals surface area contributed by atoms with Crippen molar-refractivity contribution in [3.05, 3.63) is 88.4 Å². The van der Waals surface area contributed by atoms with Crippen LogP contribution in [0, 0.1) is 0 Å². The first-order chi connectivity index (χ1) is 15.0. The van der Waals surface area contributed by atoms with Crippen LogP contribution in [0.2, 0.25) is 0 Å². The fourth-order valence-electron chi connectivity index (χ4n) is 3.13. The zero-order chi connectivity index (χ0) is 21.8. The second kappa shape index (κ2) is 8.97. The standard InChI is InChI=1S/C24H18BrN3O3/c1-31-18-8-9-21-19(12-18)20(13-22(27-21)15-5-3-2-4-6-15)24(30)28-26-14-16-11-17(25)7-10-23(16)29/h2-14,29H,1H3,(H,28,30)/b26-14+. The number of halogens is 1. The number of aromatic nitrogens is 1. The lowest BCUT2D eigenvalue weighted by Crippen LogP contribution is -2.18. The minimum atomic E-state index is -0.399. The smallest absolute Gasteiger partial charge is 0.272 e. The predicted octanol–water partition coefficient (Wildman–Crippen LogP) is 5.14. The van der Waals surface area contributed by atoms with E-state index in [1.165, 1.54) is 6.21 Å². The number of hydrazone groups is 1. The normalized spacial score (nSPS) is 11.0. The summed E-state index contributed by atoms with van der Waals surface area (Å²) in [6.45, 7) is 0. The highest BCUT2D eigenvalue weighted by molar-refractivity contribution is 9.10. The quantitative estimate of drug-likeness (QED) is 0.309. The predicted molar refractivity (Wildman–Crippen MR) is 125 cm³/mol. The first-order valence-corrected chi connectivity index (χ1v) is 10.2. The topological polar surface area (TPSA) is 83.8 Å². The number of aromatic hydroxyl groups is 1. The maximum Gasteiger partial charge on any atom is 0.272 e. The summed E-state index contributed by atoms with van der Waals surface area (Å²) in [6, 6.07) is 21.7. The van der Waals surface area contributed by atoms with Gasteiger partial charge in [-0.2, -0.15) is 5.10 Å². The number of amides is 1. The first-order valence-electron chi connectivity index (χ1n) is 9.41. The van der Waals surface area contributed by atoms with Gasteiger partial charge in [0.05, 0.1) is 30.1 Å². The van der Waals surface area contributed by atoms with Crippen LogP contribution in [-0.2, 0) is 0 Å². The number of benzene rings is 3. The molecule has 0 radical (unpaired) electrons. The van der Waals surface area contributed by atoms with Gasteiger partial charge in [0.15, 0.2) is 0 Å². The van der Waals surface area contributed by atoms with Gasteiger partial charge in [0, 0.05) is 21.0 Å². The third-order valence-corrected chi connectivity index (χ3v) is 5.18. The Morgan fingerprint density at radius 2 is 1.90 bits per heavy atom. The van der Waals surface area contributed by atoms with Gasteiger partial charge < -0.3 is 9.84 Å². The molecule has 1 heterocycles. The van der Waals surface area contributed by atoms with Crippen molar-refractivity contribution in [2.75, 3.05) is 7.11 Å². The van der Waals surface area contributed by atoms with Crippen molar-refractivity contribution < 1.29 is 14.6 Å². The van der Waals surface area contributed by atoms with Crippen LogP contribution in [0.15, 0.2) is 82.4 Å². The number of ether oxygens (including phenoxy) is 1. The van der Waals surface area contributed by atoms with Crippen LogP contribution in [0.5, 0.6) is 11.5 Å². The van der Waals surface area contributed by atoms with E-state index in [2.05, 4.69) is 26.5 Å². The molecule has 3 aromatic carbocycles. The highest BCUT2D eigenvalue weighted by Crippen LogP contribution is 2.28. The van der Waals surface area contributed by atoms with Gasteiger partial charge in [-0.15, -0.1) is 0 Å². The monoisotopic (exact) mass is 475 g/mol. The molecule has 4 aromatic rings. The number of hydrogen-bond acceptors (Lipinski definition) is 5. The number of pyridine rings is 1. The molecule has 0 aliphatic carbocycles. The van der Waals surface area contributed by atoms with Crippen LogP contribution in [-0.4, -0.2) is 29.3 Å². The molecule has 31 heavy (non-hydrogen) atoms. The molecule has 0 saturated heterocycles. The second-order valence-corrected chi connectivity index (χ2v) is 7.62. The molecule has 1 aromatic heterocycles. The summed E-state index contributed by atoms with van der Waals surface area (Å²) in [7, 11) is 1.57. The van der Waals surface area contributed by atoms with Crippen molar-refractivity contribution in [1.82, 2.24) is 10.4 Å². The van der Waals surface area contributed by atoms with E-state index in [1.807, 2.05) is 36.4 Å². The SMILES string of the molecule is COc1ccc2nc(-c3ccccc3)cc(C(=O)N/N=C/c3cc(Br)ccc3O)c2c1. The molecule has 0 spiro atoms. The molecule has 1 amide bonds. The Balaban J connectivity index is 1.72. The van der Waals surface area contributed by atoms with Crippen LogP contribution in [0.4, 0.5) is 0 Å². The van der Waals surface area contributed by atoms with Gasteiger partial charge in [-0.25, -0.2) is 10.4 Å². The third-order valence-electron chi connectivity index (χ3n) is 4.69. The Hall–Kier alpha value is -3.71. The number of phenolic OH excluding ortho intramolecular Hbond substituents is 1. The zero-order valence-electron chi connectivity index (χ0n) is 16.5. The van der Waals surface area contributed by atoms with Gasteiger partial charge in [0.25, 0.3) is 5.91 Å². The number of fused-ring (bicyclic) bond motifs is 1. The fourth-order valence-corrected chi connectivity index (χ4v) is 3.50. The molecule has 0 fully saturated rings. The zero-order valence-corrected chi connectivity index (χ0v) is 18.1. The lowest BCUT2D eigenvalue weighted by Gasteiger charge is -2.10. The summed E-state index contributed by atoms with van der Waals surface area (Å²) in [6.07, 6.45) is 1.39. The van der Waals surface area contributed by atoms with E-state index in [4.69, 9.17) is 9.72 Å². The molecule has 2 N–H and O–H groups in total. The number of carbonyl (C=O) groups excluding carboxylic acids is 1. The molecule has 4 rings (SSSR count). The molecule has 0 atom stereocenters. The van der Waals surface area contributed by atoms with E-state index in [-0.39, 0.29) is 5.75 Å². The molecule has 0 unspecified atom stereocenters. The van der Waals surface area contributed by atoms with Crippen LogP contribution in [0.3, 0.4) is 0 Å². The number of phenols is 1. The average Bonchev–Trinajstić information content (AvgIpc) is 2.80. The Kier molecular flexibility index (Phi) is 5.95. The van der Waals surface area contributed by atoms with Gasteiger partial charge in [-0.1, -0.05) is 46.3 Å². The van der Waals surface area contributed by atoms with E-state index in [1.54, 1.807) is 43.5 Å². The van der Waals surface area contributed by atoms with Gasteiger partial charge >= 0.3 is 0 Å². The number of nitrogens with one attached hydrogen (secondary N) is 1. The van der Waals surface area contributed by atoms with Crippen molar-refractivity contribution in [3.8, 4) is 22.8 Å². The van der Waals surface area contributed by atoms with Crippen molar-refractivity contribution in [3.63, 3.8) is 0 Å². The van der Waals surface area contributed by atoms with Crippen LogP contribution in [0.25, 0.3) is 22.2 Å². The summed E-state index contributed by atoms with van der Waals surface area (Å²) < 4.78 is 6.10. The second-order valence-electron chi connectivity index (χ2n) is 6.71. The van der Waals surface area contributed by atoms with Gasteiger partial charge in [0.2, 0.25) is 0 Å². The molecule has 0 aliphatic heterocycles. The number of methoxy groups -OCH3 is 1. The van der Waals surface area contributed by atoms with Crippen molar-refractivity contribution in [2.24, 2.45) is 5.10 Å². The average molecular weight is 476 g/mol. The summed E-state index contributed by atoms with van der Waals surface area (Å²) in [5, 5.41) is 14.6. The molecule has 6 nitrogen and oxygen atoms in total. The molecule has 0 bridgehead atoms. The molecular formula is C24H18BrN3O3. The highest BCUT2D eigenvalue weighted by atomic mass is 79.9. The maximum absolute atomic E-state index is 13.0. The van der Waals surface area contributed by atoms with Crippen molar-refractivity contribution in [1.29, 1.82) is 0 Å². The molecular weight excluding hydrogens is 458 g/mol. The van der Waals surface area contributed by atoms with E-state index < -0.39 is 5.91 Å². The lowest BCUT2D eigenvalue weighted by molar-refractivity contribution is 0.0956. The molecule has 0 aliphatic rings. The molecule has 7 heteroatoms. The van der Waals surface area contributed by atoms with Crippen molar-refractivity contribution in [2.45, 2.75) is 0 Å². The Morgan fingerprint density at radius 3 is 2.68 bits per heavy atom. The Morgan fingerprint density at radius 1 is 1.10 bits per heavy atom. The van der Waals surface area contributed by atoms with E-state index in [0.717, 1.165) is 10.0 Å². The third kappa shape index (κ3) is 4.57. The van der Waals surface area contributed by atoms with E-state index >= 15 is 0 Å². The van der Waals surface area contributed by atoms with Crippen molar-refractivity contribution >= 4 is 39.0 Å². The highest BCUT2D eigenvalue weighted by Gasteiger charge is 2.15. The Labute approximate surface area is 187 Å². The first kappa shape index (κ1) is 20.6. The van der Waals surface area contributed by atoms with E-state index in [0.29, 0.717) is 33.5 Å². The summed E-state index contributed by atoms with van der Waals surface area (Å²) >= 11 is 3.35. The van der Waals surface area contributed by atoms with Crippen LogP contribution in [0.1, 0.15) is 15.9 Å². The minimum Gasteiger partial charge on any atom is -0.507 e. The largest absolute Gasteiger partial charge is 0.507 e. The van der Waals surface area contributed by atoms with E-state index in [9.17, 15) is 9.90 Å². The summed E-state index contributed by atoms with van der Waals surface area (Å²) in [5.41, 5.74) is 5.67. The lowest BCUT2D eigenvalue weighted by atomic mass is 10.0. The Bertz CT molecular complexity index is 1290. The summed E-state index contributed by atoms with van der Waals surface area (Å²) in [4.78, 5) is 17.7. The van der Waals surface area contributed by atoms with Gasteiger partial charge in [0.1, 0.15) is 11.5 Å². The number of rotatable bonds is 5. The van der Waals surface area contributed by atoms with Crippen LogP contribution >= 0.6 is 15.9 Å².